The van der Waals surface area contributed by atoms with Crippen LogP contribution in [0.25, 0.3) is 0 Å². The van der Waals surface area contributed by atoms with Gasteiger partial charge in [-0.3, -0.25) is 4.79 Å². The van der Waals surface area contributed by atoms with Gasteiger partial charge >= 0.3 is 0 Å². The molecule has 1 aliphatic carbocycles. The molecule has 4 nitrogen and oxygen atoms in total. The summed E-state index contributed by atoms with van der Waals surface area (Å²) in [5, 5.41) is 0. The zero-order valence-electron chi connectivity index (χ0n) is 13.3. The van der Waals surface area contributed by atoms with Crippen molar-refractivity contribution >= 4 is 5.91 Å². The molecule has 1 amide bonds. The van der Waals surface area contributed by atoms with Gasteiger partial charge in [-0.15, -0.1) is 0 Å². The molecule has 1 aliphatic heterocycles. The van der Waals surface area contributed by atoms with Gasteiger partial charge in [-0.05, 0) is 26.2 Å². The van der Waals surface area contributed by atoms with Crippen LogP contribution in [-0.4, -0.2) is 27.3 Å². The Balaban J connectivity index is 1.62. The van der Waals surface area contributed by atoms with E-state index in [1.807, 2.05) is 4.90 Å². The van der Waals surface area contributed by atoms with Crippen molar-refractivity contribution < 1.29 is 4.79 Å². The highest BCUT2D eigenvalue weighted by Crippen LogP contribution is 2.34. The molecule has 1 aromatic heterocycles. The molecule has 1 saturated carbocycles. The van der Waals surface area contributed by atoms with Crippen molar-refractivity contribution in [1.29, 1.82) is 0 Å². The number of rotatable bonds is 3. The van der Waals surface area contributed by atoms with Crippen LogP contribution in [0.15, 0.2) is 6.33 Å². The fourth-order valence-corrected chi connectivity index (χ4v) is 4.04. The normalized spacial score (nSPS) is 22.1. The van der Waals surface area contributed by atoms with Gasteiger partial charge in [0.2, 0.25) is 5.91 Å². The van der Waals surface area contributed by atoms with E-state index in [1.165, 1.54) is 37.8 Å². The number of nitrogens with one attached hydrogen (secondary N) is 1. The van der Waals surface area contributed by atoms with E-state index in [0.29, 0.717) is 12.3 Å². The summed E-state index contributed by atoms with van der Waals surface area (Å²) in [6, 6.07) is 0. The number of hydrogen-bond acceptors (Lipinski definition) is 2. The molecular weight excluding hydrogens is 262 g/mol. The first kappa shape index (κ1) is 14.6. The maximum atomic E-state index is 12.7. The topological polar surface area (TPSA) is 49.0 Å². The number of nitrogens with zero attached hydrogens (tertiary/aromatic N) is 2. The highest BCUT2D eigenvalue weighted by molar-refractivity contribution is 5.77. The Labute approximate surface area is 127 Å². The minimum Gasteiger partial charge on any atom is -0.348 e. The molecule has 21 heavy (non-hydrogen) atoms. The lowest BCUT2D eigenvalue weighted by molar-refractivity contribution is -0.138. The van der Waals surface area contributed by atoms with Gasteiger partial charge in [0.1, 0.15) is 0 Å². The average molecular weight is 289 g/mol. The summed E-state index contributed by atoms with van der Waals surface area (Å²) in [6.45, 7) is 5.04. The maximum Gasteiger partial charge on any atom is 0.223 e. The highest BCUT2D eigenvalue weighted by Gasteiger charge is 2.39. The molecule has 0 bridgehead atoms. The first-order valence-corrected chi connectivity index (χ1v) is 8.42. The van der Waals surface area contributed by atoms with E-state index in [4.69, 9.17) is 0 Å². The molecule has 2 aliphatic rings. The van der Waals surface area contributed by atoms with Crippen LogP contribution in [0, 0.1) is 5.92 Å². The summed E-state index contributed by atoms with van der Waals surface area (Å²) in [4.78, 5) is 22.4. The zero-order valence-corrected chi connectivity index (χ0v) is 13.3. The van der Waals surface area contributed by atoms with Gasteiger partial charge in [0, 0.05) is 25.1 Å². The van der Waals surface area contributed by atoms with Gasteiger partial charge in [0.05, 0.1) is 17.6 Å². The summed E-state index contributed by atoms with van der Waals surface area (Å²) in [7, 11) is 0. The van der Waals surface area contributed by atoms with Crippen molar-refractivity contribution in [2.24, 2.45) is 5.92 Å². The number of fused-ring (bicyclic) bond motifs is 1. The van der Waals surface area contributed by atoms with E-state index >= 15 is 0 Å². The van der Waals surface area contributed by atoms with Crippen molar-refractivity contribution in [3.8, 4) is 0 Å². The lowest BCUT2D eigenvalue weighted by atomic mass is 9.85. The molecule has 1 aromatic rings. The van der Waals surface area contributed by atoms with Crippen LogP contribution >= 0.6 is 0 Å². The molecule has 4 heteroatoms. The summed E-state index contributed by atoms with van der Waals surface area (Å²) in [5.41, 5.74) is 1.95. The fraction of sp³-hybridized carbons (Fsp3) is 0.765. The largest absolute Gasteiger partial charge is 0.348 e. The smallest absolute Gasteiger partial charge is 0.223 e. The molecule has 0 saturated heterocycles. The van der Waals surface area contributed by atoms with Crippen LogP contribution in [0.2, 0.25) is 0 Å². The van der Waals surface area contributed by atoms with E-state index in [0.717, 1.165) is 31.0 Å². The number of carbonyl (C=O) groups excluding carboxylic acids is 1. The van der Waals surface area contributed by atoms with E-state index in [2.05, 4.69) is 23.8 Å². The highest BCUT2D eigenvalue weighted by atomic mass is 16.2. The third-order valence-corrected chi connectivity index (χ3v) is 5.35. The van der Waals surface area contributed by atoms with Crippen LogP contribution in [0.3, 0.4) is 0 Å². The quantitative estimate of drug-likeness (QED) is 0.927. The molecule has 0 spiro atoms. The zero-order chi connectivity index (χ0) is 14.9. The summed E-state index contributed by atoms with van der Waals surface area (Å²) < 4.78 is 0. The first-order chi connectivity index (χ1) is 10.1. The van der Waals surface area contributed by atoms with Gasteiger partial charge in [0.25, 0.3) is 0 Å². The lowest BCUT2D eigenvalue weighted by Crippen LogP contribution is -2.50. The van der Waals surface area contributed by atoms with E-state index in [-0.39, 0.29) is 5.54 Å². The van der Waals surface area contributed by atoms with Crippen molar-refractivity contribution in [2.45, 2.75) is 70.8 Å². The van der Waals surface area contributed by atoms with Crippen LogP contribution in [0.1, 0.15) is 70.2 Å². The molecule has 3 rings (SSSR count). The van der Waals surface area contributed by atoms with Crippen LogP contribution in [0.4, 0.5) is 0 Å². The number of carbonyl (C=O) groups is 1. The number of H-pyrrole nitrogens is 1. The van der Waals surface area contributed by atoms with Gasteiger partial charge < -0.3 is 9.88 Å². The van der Waals surface area contributed by atoms with Crippen LogP contribution < -0.4 is 0 Å². The summed E-state index contributed by atoms with van der Waals surface area (Å²) >= 11 is 0. The Morgan fingerprint density at radius 2 is 2.14 bits per heavy atom. The molecule has 1 fully saturated rings. The molecule has 2 heterocycles. The summed E-state index contributed by atoms with van der Waals surface area (Å²) in [5.74, 6) is 1.08. The van der Waals surface area contributed by atoms with Gasteiger partial charge in [-0.25, -0.2) is 4.98 Å². The van der Waals surface area contributed by atoms with Crippen molar-refractivity contribution in [2.75, 3.05) is 6.54 Å². The van der Waals surface area contributed by atoms with Crippen molar-refractivity contribution in [3.05, 3.63) is 17.7 Å². The van der Waals surface area contributed by atoms with Gasteiger partial charge in [-0.1, -0.05) is 32.1 Å². The van der Waals surface area contributed by atoms with Crippen LogP contribution in [0.5, 0.6) is 0 Å². The lowest BCUT2D eigenvalue weighted by Gasteiger charge is -2.41. The van der Waals surface area contributed by atoms with Crippen molar-refractivity contribution in [1.82, 2.24) is 14.9 Å². The second kappa shape index (κ2) is 5.82. The van der Waals surface area contributed by atoms with Gasteiger partial charge in [0.15, 0.2) is 0 Å². The monoisotopic (exact) mass is 289 g/mol. The molecule has 0 unspecified atom stereocenters. The second-order valence-electron chi connectivity index (χ2n) is 7.13. The Hall–Kier alpha value is -1.32. The number of aromatic amines is 1. The molecule has 0 aromatic carbocycles. The summed E-state index contributed by atoms with van der Waals surface area (Å²) in [6.07, 6.45) is 11.1. The van der Waals surface area contributed by atoms with E-state index in [9.17, 15) is 4.79 Å². The standard InChI is InChI=1S/C17H27N3O/c1-17(2)16-14(18-12-19-16)10-11-20(17)15(21)9-8-13-6-4-3-5-7-13/h12-13H,3-11H2,1-2H3,(H,18,19). The second-order valence-corrected chi connectivity index (χ2v) is 7.13. The number of aromatic nitrogens is 2. The number of imidazole rings is 1. The molecule has 0 radical (unpaired) electrons. The minimum absolute atomic E-state index is 0.281. The number of amides is 1. The number of hydrogen-bond donors (Lipinski definition) is 1. The maximum absolute atomic E-state index is 12.7. The van der Waals surface area contributed by atoms with Gasteiger partial charge in [-0.2, -0.15) is 0 Å². The Morgan fingerprint density at radius 3 is 2.90 bits per heavy atom. The van der Waals surface area contributed by atoms with E-state index in [1.54, 1.807) is 6.33 Å². The fourth-order valence-electron chi connectivity index (χ4n) is 4.04. The molecular formula is C17H27N3O. The third kappa shape index (κ3) is 2.85. The minimum atomic E-state index is -0.281. The Kier molecular flexibility index (Phi) is 4.05. The predicted octanol–water partition coefficient (Wildman–Crippen LogP) is 3.39. The third-order valence-electron chi connectivity index (χ3n) is 5.35. The van der Waals surface area contributed by atoms with E-state index < -0.39 is 0 Å². The Bertz CT molecular complexity index is 500. The van der Waals surface area contributed by atoms with Crippen LogP contribution in [-0.2, 0) is 16.8 Å². The SMILES string of the molecule is CC1(C)c2nc[nH]c2CCN1C(=O)CCC1CCCCC1. The molecule has 1 N–H and O–H groups in total. The first-order valence-electron chi connectivity index (χ1n) is 8.42. The molecule has 0 atom stereocenters. The predicted molar refractivity (Wildman–Crippen MR) is 82.8 cm³/mol. The molecule has 116 valence electrons. The van der Waals surface area contributed by atoms with Crippen molar-refractivity contribution in [3.63, 3.8) is 0 Å². The average Bonchev–Trinajstić information content (AvgIpc) is 2.96. The Morgan fingerprint density at radius 1 is 1.38 bits per heavy atom.